The van der Waals surface area contributed by atoms with Crippen LogP contribution in [-0.4, -0.2) is 30.8 Å². The number of benzene rings is 1. The number of hydrogen-bond donors (Lipinski definition) is 5. The summed E-state index contributed by atoms with van der Waals surface area (Å²) in [5, 5.41) is 17.8. The Morgan fingerprint density at radius 2 is 1.89 bits per heavy atom. The molecule has 204 valence electrons. The Morgan fingerprint density at radius 3 is 2.45 bits per heavy atom. The van der Waals surface area contributed by atoms with Crippen LogP contribution in [0, 0.1) is 17.8 Å². The average Bonchev–Trinajstić information content (AvgIpc) is 3.73. The molecule has 0 radical (unpaired) electrons. The topological polar surface area (TPSA) is 96.3 Å². The minimum absolute atomic E-state index is 0.0469. The van der Waals surface area contributed by atoms with Crippen LogP contribution in [-0.2, 0) is 13.0 Å². The van der Waals surface area contributed by atoms with Gasteiger partial charge in [-0.15, -0.1) is 0 Å². The fourth-order valence-corrected chi connectivity index (χ4v) is 4.15. The molecular weight excluding hydrogens is 488 g/mol. The van der Waals surface area contributed by atoms with Crippen LogP contribution < -0.4 is 22.1 Å². The number of aliphatic hydroxyl groups is 1. The first-order valence-corrected chi connectivity index (χ1v) is 13.5. The monoisotopic (exact) mass is 532 g/mol. The molecule has 7 N–H and O–H groups in total. The molecular formula is C32H44N4OS. The summed E-state index contributed by atoms with van der Waals surface area (Å²) in [7, 11) is 2.03. The summed E-state index contributed by atoms with van der Waals surface area (Å²) < 4.78 is 0. The zero-order valence-corrected chi connectivity index (χ0v) is 23.7. The highest BCUT2D eigenvalue weighted by atomic mass is 32.2. The molecule has 1 saturated carbocycles. The predicted octanol–water partition coefficient (Wildman–Crippen LogP) is 5.06. The molecule has 38 heavy (non-hydrogen) atoms. The first-order chi connectivity index (χ1) is 18.3. The lowest BCUT2D eigenvalue weighted by atomic mass is 9.88. The van der Waals surface area contributed by atoms with Gasteiger partial charge in [0.25, 0.3) is 0 Å². The Hall–Kier alpha value is -3.21. The van der Waals surface area contributed by atoms with Crippen molar-refractivity contribution in [2.75, 3.05) is 20.1 Å². The molecule has 3 rings (SSSR count). The van der Waals surface area contributed by atoms with Crippen LogP contribution in [0.3, 0.4) is 0 Å². The van der Waals surface area contributed by atoms with E-state index in [2.05, 4.69) is 72.8 Å². The summed E-state index contributed by atoms with van der Waals surface area (Å²) >= 11 is 1.52. The summed E-state index contributed by atoms with van der Waals surface area (Å²) in [6.07, 6.45) is 12.9. The Kier molecular flexibility index (Phi) is 15.6. The van der Waals surface area contributed by atoms with E-state index in [1.807, 2.05) is 49.7 Å². The summed E-state index contributed by atoms with van der Waals surface area (Å²) in [5.74, 6) is 6.33. The second kappa shape index (κ2) is 18.1. The maximum atomic E-state index is 9.29. The largest absolute Gasteiger partial charge is 0.405 e. The Bertz CT molecular complexity index is 1100. The number of nitrogens with one attached hydrogen (secondary N) is 2. The molecule has 2 aliphatic carbocycles. The first kappa shape index (κ1) is 32.8. The zero-order chi connectivity index (χ0) is 28.4. The van der Waals surface area contributed by atoms with Crippen LogP contribution in [0.2, 0.25) is 0 Å². The third kappa shape index (κ3) is 11.5. The van der Waals surface area contributed by atoms with Gasteiger partial charge in [-0.25, -0.2) is 0 Å². The molecule has 0 bridgehead atoms. The van der Waals surface area contributed by atoms with E-state index in [-0.39, 0.29) is 12.1 Å². The SMILES string of the molecule is C=C(Cc1ccccc1CO)NCC#CC(=C)S/C=C\C.C=C1C=CC(C2(NC)CC2)=CC1CN.C=CN. The zero-order valence-electron chi connectivity index (χ0n) is 22.9. The number of rotatable bonds is 10. The average molecular weight is 533 g/mol. The smallest absolute Gasteiger partial charge is 0.0767 e. The van der Waals surface area contributed by atoms with Crippen molar-refractivity contribution < 1.29 is 5.11 Å². The van der Waals surface area contributed by atoms with Crippen LogP contribution in [0.15, 0.2) is 108 Å². The van der Waals surface area contributed by atoms with Crippen LogP contribution in [0.5, 0.6) is 0 Å². The summed E-state index contributed by atoms with van der Waals surface area (Å²) in [4.78, 5) is 0.825. The number of aliphatic hydroxyl groups excluding tert-OH is 1. The molecule has 0 heterocycles. The minimum Gasteiger partial charge on any atom is -0.405 e. The van der Waals surface area contributed by atoms with Gasteiger partial charge < -0.3 is 27.2 Å². The van der Waals surface area contributed by atoms with Crippen molar-refractivity contribution in [3.63, 3.8) is 0 Å². The van der Waals surface area contributed by atoms with Crippen molar-refractivity contribution in [1.82, 2.24) is 10.6 Å². The molecule has 0 amide bonds. The predicted molar refractivity (Wildman–Crippen MR) is 167 cm³/mol. The Balaban J connectivity index is 0.000000364. The van der Waals surface area contributed by atoms with Crippen molar-refractivity contribution in [2.45, 2.75) is 38.3 Å². The van der Waals surface area contributed by atoms with Crippen LogP contribution in [0.25, 0.3) is 0 Å². The van der Waals surface area contributed by atoms with E-state index < -0.39 is 0 Å². The van der Waals surface area contributed by atoms with E-state index >= 15 is 0 Å². The highest BCUT2D eigenvalue weighted by Crippen LogP contribution is 2.44. The van der Waals surface area contributed by atoms with Gasteiger partial charge in [0, 0.05) is 30.1 Å². The van der Waals surface area contributed by atoms with Gasteiger partial charge in [-0.3, -0.25) is 0 Å². The Morgan fingerprint density at radius 1 is 1.24 bits per heavy atom. The van der Waals surface area contributed by atoms with Gasteiger partial charge in [0.15, 0.2) is 0 Å². The van der Waals surface area contributed by atoms with Crippen molar-refractivity contribution in [2.24, 2.45) is 17.4 Å². The molecule has 0 spiro atoms. The first-order valence-electron chi connectivity index (χ1n) is 12.7. The molecule has 2 aliphatic rings. The molecule has 1 aromatic carbocycles. The molecule has 1 unspecified atom stereocenters. The van der Waals surface area contributed by atoms with Gasteiger partial charge >= 0.3 is 0 Å². The number of likely N-dealkylation sites (N-methyl/N-ethyl adjacent to an activating group) is 1. The van der Waals surface area contributed by atoms with Gasteiger partial charge in [-0.2, -0.15) is 0 Å². The molecule has 0 saturated heterocycles. The molecule has 6 heteroatoms. The van der Waals surface area contributed by atoms with Crippen molar-refractivity contribution in [1.29, 1.82) is 0 Å². The minimum atomic E-state index is 0.0469. The second-order valence-corrected chi connectivity index (χ2v) is 9.81. The maximum absolute atomic E-state index is 9.29. The third-order valence-electron chi connectivity index (χ3n) is 6.06. The fraction of sp³-hybridized carbons (Fsp3) is 0.312. The molecule has 5 nitrogen and oxygen atoms in total. The second-order valence-electron chi connectivity index (χ2n) is 8.81. The fourth-order valence-electron chi connectivity index (χ4n) is 3.71. The molecule has 0 aromatic heterocycles. The van der Waals surface area contributed by atoms with Crippen LogP contribution in [0.4, 0.5) is 0 Å². The highest BCUT2D eigenvalue weighted by Gasteiger charge is 2.44. The number of allylic oxidation sites excluding steroid dienone is 4. The van der Waals surface area contributed by atoms with Gasteiger partial charge in [0.1, 0.15) is 0 Å². The van der Waals surface area contributed by atoms with Crippen molar-refractivity contribution >= 4 is 11.8 Å². The third-order valence-corrected chi connectivity index (χ3v) is 6.86. The maximum Gasteiger partial charge on any atom is 0.0767 e. The van der Waals surface area contributed by atoms with Gasteiger partial charge in [-0.1, -0.05) is 98.5 Å². The standard InChI is InChI=1S/C18H21NOS.C12H18N2.C2H5N/c1-4-12-21-16(3)8-7-11-19-15(2)13-17-9-5-6-10-18(17)14-20;1-9-3-4-11(7-10(9)8-13)12(14-2)5-6-12;1-2-3/h4-6,9-10,12,19-20H,2-3,11,13-14H2,1H3;3-4,7,10,14H,1,5-6,8,13H2,2H3;2H,1,3H2/b12-4-;;. The van der Waals surface area contributed by atoms with Crippen molar-refractivity contribution in [3.8, 4) is 11.8 Å². The number of thioether (sulfide) groups is 1. The van der Waals surface area contributed by atoms with Gasteiger partial charge in [0.2, 0.25) is 0 Å². The van der Waals surface area contributed by atoms with E-state index in [4.69, 9.17) is 5.73 Å². The highest BCUT2D eigenvalue weighted by molar-refractivity contribution is 8.06. The van der Waals surface area contributed by atoms with Gasteiger partial charge in [-0.05, 0) is 60.7 Å². The summed E-state index contributed by atoms with van der Waals surface area (Å²) in [6, 6.07) is 7.80. The molecule has 1 fully saturated rings. The number of hydrogen-bond acceptors (Lipinski definition) is 6. The van der Waals surface area contributed by atoms with E-state index in [9.17, 15) is 5.11 Å². The van der Waals surface area contributed by atoms with E-state index in [1.54, 1.807) is 0 Å². The van der Waals surface area contributed by atoms with E-state index in [0.29, 0.717) is 25.4 Å². The molecule has 1 atom stereocenters. The number of nitrogens with two attached hydrogens (primary N) is 2. The summed E-state index contributed by atoms with van der Waals surface area (Å²) in [6.45, 7) is 18.2. The molecule has 1 aromatic rings. The lowest BCUT2D eigenvalue weighted by molar-refractivity contribution is 0.280. The van der Waals surface area contributed by atoms with E-state index in [1.165, 1.54) is 36.4 Å². The summed E-state index contributed by atoms with van der Waals surface area (Å²) in [5.41, 5.74) is 16.0. The lowest BCUT2D eigenvalue weighted by Gasteiger charge is -2.23. The quantitative estimate of drug-likeness (QED) is 0.270. The van der Waals surface area contributed by atoms with Crippen LogP contribution >= 0.6 is 11.8 Å². The van der Waals surface area contributed by atoms with Gasteiger partial charge in [0.05, 0.1) is 18.1 Å². The van der Waals surface area contributed by atoms with Crippen LogP contribution in [0.1, 0.15) is 30.9 Å². The normalized spacial score (nSPS) is 16.5. The Labute approximate surface area is 234 Å². The van der Waals surface area contributed by atoms with E-state index in [0.717, 1.165) is 27.3 Å². The van der Waals surface area contributed by atoms with Crippen molar-refractivity contribution in [3.05, 3.63) is 119 Å². The molecule has 0 aliphatic heterocycles. The lowest BCUT2D eigenvalue weighted by Crippen LogP contribution is -2.30.